The van der Waals surface area contributed by atoms with Crippen molar-refractivity contribution in [2.45, 2.75) is 13.0 Å². The number of fused-ring (bicyclic) bond motifs is 2. The lowest BCUT2D eigenvalue weighted by Crippen LogP contribution is -1.97. The summed E-state index contributed by atoms with van der Waals surface area (Å²) >= 11 is 0. The Kier molecular flexibility index (Phi) is 2.38. The van der Waals surface area contributed by atoms with Crippen LogP contribution in [0.1, 0.15) is 28.4 Å². The van der Waals surface area contributed by atoms with Gasteiger partial charge in [0, 0.05) is 0 Å². The zero-order valence-electron chi connectivity index (χ0n) is 11.1. The standard InChI is InChI=1S/C17H14O3/c1-10-2-4-11(5-3-10)13-6-12-7-15-16(20-9-19-15)8-14(12)17(13)18/h2-8,17-18H,9H2,1H3. The molecule has 2 aromatic rings. The van der Waals surface area contributed by atoms with E-state index in [4.69, 9.17) is 9.47 Å². The third-order valence-electron chi connectivity index (χ3n) is 3.86. The van der Waals surface area contributed by atoms with Crippen LogP contribution in [0.25, 0.3) is 11.6 Å². The zero-order valence-corrected chi connectivity index (χ0v) is 11.1. The Hall–Kier alpha value is -2.26. The summed E-state index contributed by atoms with van der Waals surface area (Å²) in [6, 6.07) is 12.0. The highest BCUT2D eigenvalue weighted by Crippen LogP contribution is 2.45. The Bertz CT molecular complexity index is 714. The van der Waals surface area contributed by atoms with Crippen LogP contribution in [0.5, 0.6) is 11.5 Å². The molecule has 0 bridgehead atoms. The van der Waals surface area contributed by atoms with Crippen LogP contribution in [0.3, 0.4) is 0 Å². The molecule has 0 saturated heterocycles. The van der Waals surface area contributed by atoms with Crippen LogP contribution < -0.4 is 9.47 Å². The highest BCUT2D eigenvalue weighted by Gasteiger charge is 2.27. The van der Waals surface area contributed by atoms with Gasteiger partial charge in [-0.3, -0.25) is 0 Å². The van der Waals surface area contributed by atoms with Gasteiger partial charge in [-0.15, -0.1) is 0 Å². The lowest BCUT2D eigenvalue weighted by Gasteiger charge is -2.11. The van der Waals surface area contributed by atoms with Gasteiger partial charge in [0.2, 0.25) is 6.79 Å². The second kappa shape index (κ2) is 4.12. The average Bonchev–Trinajstić information content (AvgIpc) is 3.02. The molecule has 4 rings (SSSR count). The first-order chi connectivity index (χ1) is 9.72. The van der Waals surface area contributed by atoms with Crippen LogP contribution in [0.15, 0.2) is 36.4 Å². The Labute approximate surface area is 117 Å². The van der Waals surface area contributed by atoms with Crippen molar-refractivity contribution in [1.29, 1.82) is 0 Å². The van der Waals surface area contributed by atoms with E-state index in [9.17, 15) is 5.11 Å². The fourth-order valence-corrected chi connectivity index (χ4v) is 2.74. The Morgan fingerprint density at radius 1 is 1.05 bits per heavy atom. The van der Waals surface area contributed by atoms with Crippen LogP contribution in [0.2, 0.25) is 0 Å². The summed E-state index contributed by atoms with van der Waals surface area (Å²) in [5, 5.41) is 10.5. The van der Waals surface area contributed by atoms with Crippen molar-refractivity contribution in [1.82, 2.24) is 0 Å². The van der Waals surface area contributed by atoms with E-state index in [1.54, 1.807) is 0 Å². The van der Waals surface area contributed by atoms with E-state index in [0.29, 0.717) is 5.75 Å². The molecule has 0 aromatic heterocycles. The summed E-state index contributed by atoms with van der Waals surface area (Å²) in [5.41, 5.74) is 5.05. The van der Waals surface area contributed by atoms with Gasteiger partial charge < -0.3 is 14.6 Å². The molecule has 1 N–H and O–H groups in total. The minimum absolute atomic E-state index is 0.253. The molecule has 3 nitrogen and oxygen atoms in total. The van der Waals surface area contributed by atoms with Crippen LogP contribution >= 0.6 is 0 Å². The molecular formula is C17H14O3. The maximum absolute atomic E-state index is 10.5. The maximum atomic E-state index is 10.5. The van der Waals surface area contributed by atoms with Gasteiger partial charge in [0.1, 0.15) is 6.10 Å². The molecule has 1 atom stereocenters. The third kappa shape index (κ3) is 1.63. The van der Waals surface area contributed by atoms with Crippen molar-refractivity contribution >= 4 is 11.6 Å². The molecule has 2 aliphatic rings. The molecule has 1 unspecified atom stereocenters. The lowest BCUT2D eigenvalue weighted by atomic mass is 10.00. The van der Waals surface area contributed by atoms with E-state index in [-0.39, 0.29) is 6.79 Å². The monoisotopic (exact) mass is 266 g/mol. The molecule has 100 valence electrons. The summed E-state index contributed by atoms with van der Waals surface area (Å²) in [5.74, 6) is 1.46. The average molecular weight is 266 g/mol. The van der Waals surface area contributed by atoms with E-state index >= 15 is 0 Å². The number of hydrogen-bond donors (Lipinski definition) is 1. The molecule has 1 heterocycles. The summed E-state index contributed by atoms with van der Waals surface area (Å²) in [6.07, 6.45) is 1.41. The number of aryl methyl sites for hydroxylation is 1. The van der Waals surface area contributed by atoms with Crippen molar-refractivity contribution in [3.63, 3.8) is 0 Å². The molecule has 1 aliphatic carbocycles. The normalized spacial score (nSPS) is 18.9. The topological polar surface area (TPSA) is 38.7 Å². The van der Waals surface area contributed by atoms with Crippen molar-refractivity contribution < 1.29 is 14.6 Å². The Balaban J connectivity index is 1.79. The molecule has 20 heavy (non-hydrogen) atoms. The summed E-state index contributed by atoms with van der Waals surface area (Å²) < 4.78 is 10.8. The van der Waals surface area contributed by atoms with E-state index in [1.807, 2.05) is 30.3 Å². The molecule has 0 saturated carbocycles. The molecule has 0 radical (unpaired) electrons. The summed E-state index contributed by atoms with van der Waals surface area (Å²) in [6.45, 7) is 2.31. The molecule has 3 heteroatoms. The second-order valence-electron chi connectivity index (χ2n) is 5.20. The van der Waals surface area contributed by atoms with E-state index < -0.39 is 6.10 Å². The predicted octanol–water partition coefficient (Wildman–Crippen LogP) is 3.31. The van der Waals surface area contributed by atoms with Gasteiger partial charge in [0.05, 0.1) is 0 Å². The van der Waals surface area contributed by atoms with Gasteiger partial charge in [-0.1, -0.05) is 29.8 Å². The summed E-state index contributed by atoms with van der Waals surface area (Å²) in [4.78, 5) is 0. The number of aliphatic hydroxyl groups is 1. The first-order valence-corrected chi connectivity index (χ1v) is 6.62. The number of rotatable bonds is 1. The molecule has 1 aliphatic heterocycles. The molecule has 0 fully saturated rings. The lowest BCUT2D eigenvalue weighted by molar-refractivity contribution is 0.173. The highest BCUT2D eigenvalue weighted by molar-refractivity contribution is 5.91. The van der Waals surface area contributed by atoms with E-state index in [1.165, 1.54) is 5.56 Å². The van der Waals surface area contributed by atoms with Crippen molar-refractivity contribution in [3.05, 3.63) is 58.7 Å². The third-order valence-corrected chi connectivity index (χ3v) is 3.86. The second-order valence-corrected chi connectivity index (χ2v) is 5.20. The quantitative estimate of drug-likeness (QED) is 0.860. The van der Waals surface area contributed by atoms with Crippen molar-refractivity contribution in [2.24, 2.45) is 0 Å². The molecular weight excluding hydrogens is 252 g/mol. The van der Waals surface area contributed by atoms with E-state index in [2.05, 4.69) is 19.1 Å². The minimum Gasteiger partial charge on any atom is -0.454 e. The number of ether oxygens (including phenoxy) is 2. The molecule has 2 aromatic carbocycles. The number of benzene rings is 2. The van der Waals surface area contributed by atoms with Crippen LogP contribution in [-0.2, 0) is 0 Å². The fourth-order valence-electron chi connectivity index (χ4n) is 2.74. The van der Waals surface area contributed by atoms with Gasteiger partial charge in [-0.2, -0.15) is 0 Å². The Morgan fingerprint density at radius 2 is 1.75 bits per heavy atom. The van der Waals surface area contributed by atoms with Gasteiger partial charge in [-0.25, -0.2) is 0 Å². The van der Waals surface area contributed by atoms with Gasteiger partial charge >= 0.3 is 0 Å². The molecule has 0 amide bonds. The van der Waals surface area contributed by atoms with Crippen LogP contribution in [0, 0.1) is 6.92 Å². The van der Waals surface area contributed by atoms with Gasteiger partial charge in [0.15, 0.2) is 11.5 Å². The SMILES string of the molecule is Cc1ccc(C2=Cc3cc4c(cc3C2O)OCO4)cc1. The Morgan fingerprint density at radius 3 is 2.50 bits per heavy atom. The summed E-state index contributed by atoms with van der Waals surface area (Å²) in [7, 11) is 0. The molecule has 0 spiro atoms. The number of hydrogen-bond acceptors (Lipinski definition) is 3. The smallest absolute Gasteiger partial charge is 0.231 e. The largest absolute Gasteiger partial charge is 0.454 e. The predicted molar refractivity (Wildman–Crippen MR) is 76.6 cm³/mol. The zero-order chi connectivity index (χ0) is 13.7. The first kappa shape index (κ1) is 11.6. The van der Waals surface area contributed by atoms with Crippen molar-refractivity contribution in [3.8, 4) is 11.5 Å². The van der Waals surface area contributed by atoms with Gasteiger partial charge in [-0.05, 0) is 47.4 Å². The number of aliphatic hydroxyl groups excluding tert-OH is 1. The van der Waals surface area contributed by atoms with Crippen LogP contribution in [-0.4, -0.2) is 11.9 Å². The maximum Gasteiger partial charge on any atom is 0.231 e. The fraction of sp³-hybridized carbons (Fsp3) is 0.176. The highest BCUT2D eigenvalue weighted by atomic mass is 16.7. The van der Waals surface area contributed by atoms with Crippen LogP contribution in [0.4, 0.5) is 0 Å². The first-order valence-electron chi connectivity index (χ1n) is 6.62. The van der Waals surface area contributed by atoms with E-state index in [0.717, 1.165) is 28.0 Å². The minimum atomic E-state index is -0.609. The van der Waals surface area contributed by atoms with Crippen molar-refractivity contribution in [2.75, 3.05) is 6.79 Å². The van der Waals surface area contributed by atoms with Gasteiger partial charge in [0.25, 0.3) is 0 Å².